The molecule has 0 bridgehead atoms. The first-order valence-electron chi connectivity index (χ1n) is 9.75. The van der Waals surface area contributed by atoms with Crippen LogP contribution in [0.25, 0.3) is 11.3 Å². The number of fused-ring (bicyclic) bond motifs is 1. The summed E-state index contributed by atoms with van der Waals surface area (Å²) in [5, 5.41) is 2.84. The highest BCUT2D eigenvalue weighted by Gasteiger charge is 2.28. The Labute approximate surface area is 179 Å². The van der Waals surface area contributed by atoms with Crippen LogP contribution < -0.4 is 11.1 Å². The summed E-state index contributed by atoms with van der Waals surface area (Å²) >= 11 is 0. The third kappa shape index (κ3) is 3.95. The minimum Gasteiger partial charge on any atom is -0.364 e. The molecule has 8 nitrogen and oxygen atoms in total. The Balaban J connectivity index is 1.60. The Hall–Kier alpha value is -4.20. The van der Waals surface area contributed by atoms with Crippen LogP contribution in [0.5, 0.6) is 0 Å². The highest BCUT2D eigenvalue weighted by Crippen LogP contribution is 2.28. The van der Waals surface area contributed by atoms with E-state index in [9.17, 15) is 14.4 Å². The van der Waals surface area contributed by atoms with Crippen LogP contribution in [0.2, 0.25) is 0 Å². The standard InChI is InChI=1S/C23H21N5O3/c1-2-19(29)27-12-13-28-18(14-27)26-20(21(28)22(24)30)15-8-10-17(11-9-15)25-23(31)16-6-4-3-5-7-16/h2-11H,1,12-14H2,(H2,24,30)(H,25,31). The Bertz CT molecular complexity index is 1170. The predicted octanol–water partition coefficient (Wildman–Crippen LogP) is 2.43. The fraction of sp³-hybridized carbons (Fsp3) is 0.130. The summed E-state index contributed by atoms with van der Waals surface area (Å²) in [4.78, 5) is 42.7. The lowest BCUT2D eigenvalue weighted by atomic mass is 10.1. The van der Waals surface area contributed by atoms with Gasteiger partial charge in [0.2, 0.25) is 5.91 Å². The fourth-order valence-electron chi connectivity index (χ4n) is 3.60. The van der Waals surface area contributed by atoms with Crippen LogP contribution in [-0.2, 0) is 17.9 Å². The molecule has 1 aliphatic heterocycles. The Morgan fingerprint density at radius 2 is 1.74 bits per heavy atom. The molecule has 1 aromatic heterocycles. The van der Waals surface area contributed by atoms with Crippen molar-refractivity contribution in [1.29, 1.82) is 0 Å². The third-order valence-corrected chi connectivity index (χ3v) is 5.14. The molecule has 0 atom stereocenters. The van der Waals surface area contributed by atoms with E-state index in [1.54, 1.807) is 58.0 Å². The van der Waals surface area contributed by atoms with Crippen LogP contribution >= 0.6 is 0 Å². The quantitative estimate of drug-likeness (QED) is 0.624. The Morgan fingerprint density at radius 1 is 1.03 bits per heavy atom. The predicted molar refractivity (Wildman–Crippen MR) is 116 cm³/mol. The molecule has 0 saturated heterocycles. The molecule has 2 aromatic carbocycles. The molecule has 4 rings (SSSR count). The van der Waals surface area contributed by atoms with Crippen molar-refractivity contribution in [3.63, 3.8) is 0 Å². The van der Waals surface area contributed by atoms with Crippen LogP contribution in [0, 0.1) is 0 Å². The topological polar surface area (TPSA) is 110 Å². The minimum absolute atomic E-state index is 0.185. The second-order valence-electron chi connectivity index (χ2n) is 7.10. The molecule has 156 valence electrons. The zero-order valence-corrected chi connectivity index (χ0v) is 16.7. The van der Waals surface area contributed by atoms with Crippen molar-refractivity contribution < 1.29 is 14.4 Å². The third-order valence-electron chi connectivity index (χ3n) is 5.14. The minimum atomic E-state index is -0.585. The number of carbonyl (C=O) groups is 3. The number of hydrogen-bond donors (Lipinski definition) is 2. The van der Waals surface area contributed by atoms with E-state index >= 15 is 0 Å². The normalized spacial score (nSPS) is 12.7. The number of nitrogens with one attached hydrogen (secondary N) is 1. The molecule has 0 fully saturated rings. The van der Waals surface area contributed by atoms with Crippen LogP contribution in [0.3, 0.4) is 0 Å². The van der Waals surface area contributed by atoms with Gasteiger partial charge in [-0.15, -0.1) is 0 Å². The molecule has 0 spiro atoms. The number of carbonyl (C=O) groups excluding carboxylic acids is 3. The Kier molecular flexibility index (Phi) is 5.36. The molecule has 8 heteroatoms. The lowest BCUT2D eigenvalue weighted by Crippen LogP contribution is -2.38. The average molecular weight is 415 g/mol. The molecule has 0 aliphatic carbocycles. The fourth-order valence-corrected chi connectivity index (χ4v) is 3.60. The second kappa shape index (κ2) is 8.27. The highest BCUT2D eigenvalue weighted by molar-refractivity contribution is 6.04. The van der Waals surface area contributed by atoms with E-state index in [1.165, 1.54) is 6.08 Å². The summed E-state index contributed by atoms with van der Waals surface area (Å²) in [5.41, 5.74) is 8.27. The summed E-state index contributed by atoms with van der Waals surface area (Å²) in [5.74, 6) is -0.393. The van der Waals surface area contributed by atoms with Gasteiger partial charge in [-0.3, -0.25) is 14.4 Å². The lowest BCUT2D eigenvalue weighted by molar-refractivity contribution is -0.127. The smallest absolute Gasteiger partial charge is 0.267 e. The number of aromatic nitrogens is 2. The van der Waals surface area contributed by atoms with Gasteiger partial charge in [0.05, 0.1) is 6.54 Å². The van der Waals surface area contributed by atoms with Crippen molar-refractivity contribution in [2.75, 3.05) is 11.9 Å². The van der Waals surface area contributed by atoms with Crippen molar-refractivity contribution in [2.45, 2.75) is 13.1 Å². The number of primary amides is 1. The van der Waals surface area contributed by atoms with Gasteiger partial charge < -0.3 is 20.5 Å². The summed E-state index contributed by atoms with van der Waals surface area (Å²) in [6.45, 7) is 4.65. The molecule has 0 radical (unpaired) electrons. The van der Waals surface area contributed by atoms with Crippen molar-refractivity contribution in [2.24, 2.45) is 5.73 Å². The van der Waals surface area contributed by atoms with E-state index in [0.717, 1.165) is 0 Å². The summed E-state index contributed by atoms with van der Waals surface area (Å²) in [7, 11) is 0. The number of anilines is 1. The van der Waals surface area contributed by atoms with E-state index in [4.69, 9.17) is 5.73 Å². The van der Waals surface area contributed by atoms with E-state index in [0.29, 0.717) is 47.1 Å². The first-order valence-corrected chi connectivity index (χ1v) is 9.75. The number of nitrogens with zero attached hydrogens (tertiary/aromatic N) is 3. The summed E-state index contributed by atoms with van der Waals surface area (Å²) < 4.78 is 1.76. The highest BCUT2D eigenvalue weighted by atomic mass is 16.2. The molecule has 1 aliphatic rings. The van der Waals surface area contributed by atoms with Crippen LogP contribution in [0.1, 0.15) is 26.7 Å². The SMILES string of the molecule is C=CC(=O)N1CCn2c(nc(-c3ccc(NC(=O)c4ccccc4)cc3)c2C(N)=O)C1. The largest absolute Gasteiger partial charge is 0.364 e. The average Bonchev–Trinajstić information content (AvgIpc) is 3.18. The van der Waals surface area contributed by atoms with Crippen LogP contribution in [-0.4, -0.2) is 38.7 Å². The molecule has 3 aromatic rings. The van der Waals surface area contributed by atoms with Crippen molar-refractivity contribution in [3.8, 4) is 11.3 Å². The maximum atomic E-state index is 12.3. The lowest BCUT2D eigenvalue weighted by Gasteiger charge is -2.27. The molecule has 31 heavy (non-hydrogen) atoms. The molecule has 0 unspecified atom stereocenters. The maximum absolute atomic E-state index is 12.3. The van der Waals surface area contributed by atoms with Crippen molar-refractivity contribution in [3.05, 3.63) is 84.3 Å². The van der Waals surface area contributed by atoms with Gasteiger partial charge in [-0.2, -0.15) is 0 Å². The molecule has 3 N–H and O–H groups in total. The molecular weight excluding hydrogens is 394 g/mol. The van der Waals surface area contributed by atoms with Gasteiger partial charge in [-0.05, 0) is 30.3 Å². The number of imidazole rings is 1. The zero-order chi connectivity index (χ0) is 22.0. The van der Waals surface area contributed by atoms with Gasteiger partial charge in [0, 0.05) is 29.9 Å². The van der Waals surface area contributed by atoms with Gasteiger partial charge >= 0.3 is 0 Å². The second-order valence-corrected chi connectivity index (χ2v) is 7.10. The van der Waals surface area contributed by atoms with E-state index < -0.39 is 5.91 Å². The maximum Gasteiger partial charge on any atom is 0.267 e. The molecular formula is C23H21N5O3. The van der Waals surface area contributed by atoms with Gasteiger partial charge in [-0.25, -0.2) is 4.98 Å². The van der Waals surface area contributed by atoms with Gasteiger partial charge in [0.25, 0.3) is 11.8 Å². The Morgan fingerprint density at radius 3 is 2.39 bits per heavy atom. The molecule has 0 saturated carbocycles. The molecule has 2 heterocycles. The monoisotopic (exact) mass is 415 g/mol. The first-order chi connectivity index (χ1) is 15.0. The summed E-state index contributed by atoms with van der Waals surface area (Å²) in [6, 6.07) is 15.9. The van der Waals surface area contributed by atoms with Crippen molar-refractivity contribution >= 4 is 23.4 Å². The van der Waals surface area contributed by atoms with Gasteiger partial charge in [-0.1, -0.05) is 36.9 Å². The number of amides is 3. The van der Waals surface area contributed by atoms with Crippen molar-refractivity contribution in [1.82, 2.24) is 14.5 Å². The number of hydrogen-bond acceptors (Lipinski definition) is 4. The zero-order valence-electron chi connectivity index (χ0n) is 16.7. The number of rotatable bonds is 5. The van der Waals surface area contributed by atoms with E-state index in [1.807, 2.05) is 6.07 Å². The first kappa shape index (κ1) is 20.1. The van der Waals surface area contributed by atoms with Crippen LogP contribution in [0.4, 0.5) is 5.69 Å². The van der Waals surface area contributed by atoms with E-state index in [-0.39, 0.29) is 18.4 Å². The van der Waals surface area contributed by atoms with Gasteiger partial charge in [0.15, 0.2) is 0 Å². The number of benzene rings is 2. The summed E-state index contributed by atoms with van der Waals surface area (Å²) in [6.07, 6.45) is 1.26. The van der Waals surface area contributed by atoms with Crippen LogP contribution in [0.15, 0.2) is 67.3 Å². The molecule has 3 amide bonds. The van der Waals surface area contributed by atoms with E-state index in [2.05, 4.69) is 16.9 Å². The van der Waals surface area contributed by atoms with Gasteiger partial charge in [0.1, 0.15) is 17.2 Å². The number of nitrogens with two attached hydrogens (primary N) is 1.